The van der Waals surface area contributed by atoms with Gasteiger partial charge >= 0.3 is 0 Å². The number of nitrogens with two attached hydrogens (primary N) is 1. The van der Waals surface area contributed by atoms with Crippen LogP contribution in [-0.4, -0.2) is 0 Å². The van der Waals surface area contributed by atoms with Crippen LogP contribution in [0.15, 0.2) is 36.4 Å². The van der Waals surface area contributed by atoms with E-state index in [2.05, 4.69) is 44.2 Å². The van der Waals surface area contributed by atoms with Gasteiger partial charge in [-0.05, 0) is 60.7 Å². The molecule has 0 aromatic heterocycles. The summed E-state index contributed by atoms with van der Waals surface area (Å²) in [7, 11) is 0. The molecule has 0 fully saturated rings. The Balaban J connectivity index is 2.50. The van der Waals surface area contributed by atoms with Gasteiger partial charge in [-0.1, -0.05) is 24.3 Å². The molecule has 2 aromatic carbocycles. The third kappa shape index (κ3) is 1.94. The second kappa shape index (κ2) is 4.01. The van der Waals surface area contributed by atoms with Crippen LogP contribution in [0.1, 0.15) is 16.7 Å². The molecule has 0 aliphatic carbocycles. The smallest absolute Gasteiger partial charge is 0.0344 e. The van der Waals surface area contributed by atoms with E-state index >= 15 is 0 Å². The Bertz CT molecular complexity index is 477. The van der Waals surface area contributed by atoms with Gasteiger partial charge in [0.2, 0.25) is 0 Å². The van der Waals surface area contributed by atoms with Crippen LogP contribution in [0.3, 0.4) is 0 Å². The highest BCUT2D eigenvalue weighted by atomic mass is 14.5. The molecule has 1 nitrogen and oxygen atoms in total. The number of aryl methyl sites for hydroxylation is 3. The van der Waals surface area contributed by atoms with Gasteiger partial charge in [-0.25, -0.2) is 0 Å². The van der Waals surface area contributed by atoms with E-state index in [-0.39, 0.29) is 0 Å². The van der Waals surface area contributed by atoms with Crippen molar-refractivity contribution in [3.63, 3.8) is 0 Å². The summed E-state index contributed by atoms with van der Waals surface area (Å²) in [5.41, 5.74) is 13.0. The number of anilines is 1. The van der Waals surface area contributed by atoms with E-state index in [1.807, 2.05) is 13.0 Å². The molecule has 0 radical (unpaired) electrons. The largest absolute Gasteiger partial charge is 0.399 e. The summed E-state index contributed by atoms with van der Waals surface area (Å²) in [5.74, 6) is 0. The lowest BCUT2D eigenvalue weighted by atomic mass is 9.99. The molecule has 2 rings (SSSR count). The maximum Gasteiger partial charge on any atom is 0.0344 e. The minimum absolute atomic E-state index is 0.854. The van der Waals surface area contributed by atoms with Crippen LogP contribution in [-0.2, 0) is 0 Å². The molecule has 0 aliphatic rings. The van der Waals surface area contributed by atoms with E-state index in [4.69, 9.17) is 5.73 Å². The number of hydrogen-bond acceptors (Lipinski definition) is 1. The average Bonchev–Trinajstić information content (AvgIpc) is 2.26. The fourth-order valence-corrected chi connectivity index (χ4v) is 1.78. The first kappa shape index (κ1) is 10.7. The Kier molecular flexibility index (Phi) is 2.69. The summed E-state index contributed by atoms with van der Waals surface area (Å²) in [4.78, 5) is 0. The van der Waals surface area contributed by atoms with Gasteiger partial charge in [0.25, 0.3) is 0 Å². The van der Waals surface area contributed by atoms with Crippen LogP contribution in [0, 0.1) is 20.8 Å². The molecule has 0 amide bonds. The van der Waals surface area contributed by atoms with Crippen LogP contribution in [0.2, 0.25) is 0 Å². The average molecular weight is 211 g/mol. The lowest BCUT2D eigenvalue weighted by Crippen LogP contribution is -1.90. The predicted molar refractivity (Wildman–Crippen MR) is 70.5 cm³/mol. The van der Waals surface area contributed by atoms with Crippen molar-refractivity contribution in [3.05, 3.63) is 53.1 Å². The lowest BCUT2D eigenvalue weighted by Gasteiger charge is -2.07. The molecule has 0 spiro atoms. The van der Waals surface area contributed by atoms with Crippen molar-refractivity contribution >= 4 is 5.69 Å². The van der Waals surface area contributed by atoms with Gasteiger partial charge in [0.05, 0.1) is 0 Å². The molecule has 1 heteroatoms. The highest BCUT2D eigenvalue weighted by Crippen LogP contribution is 2.25. The maximum absolute atomic E-state index is 5.82. The standard InChI is InChI=1S/C15H17N/c1-10-4-5-13(8-11(10)2)14-6-7-15(16)12(3)9-14/h4-9H,16H2,1-3H3. The second-order valence-corrected chi connectivity index (χ2v) is 4.37. The minimum Gasteiger partial charge on any atom is -0.399 e. The highest BCUT2D eigenvalue weighted by Gasteiger charge is 2.01. The number of hydrogen-bond donors (Lipinski definition) is 1. The van der Waals surface area contributed by atoms with Gasteiger partial charge in [-0.3, -0.25) is 0 Å². The Morgan fingerprint density at radius 2 is 1.25 bits per heavy atom. The first-order valence-corrected chi connectivity index (χ1v) is 5.51. The first-order chi connectivity index (χ1) is 7.58. The highest BCUT2D eigenvalue weighted by molar-refractivity contribution is 5.68. The van der Waals surface area contributed by atoms with Gasteiger partial charge in [0, 0.05) is 5.69 Å². The first-order valence-electron chi connectivity index (χ1n) is 5.51. The predicted octanol–water partition coefficient (Wildman–Crippen LogP) is 3.86. The fraction of sp³-hybridized carbons (Fsp3) is 0.200. The van der Waals surface area contributed by atoms with Crippen molar-refractivity contribution < 1.29 is 0 Å². The topological polar surface area (TPSA) is 26.0 Å². The monoisotopic (exact) mass is 211 g/mol. The Labute approximate surface area is 96.9 Å². The van der Waals surface area contributed by atoms with Crippen molar-refractivity contribution in [1.29, 1.82) is 0 Å². The Morgan fingerprint density at radius 1 is 0.688 bits per heavy atom. The van der Waals surface area contributed by atoms with Crippen molar-refractivity contribution in [1.82, 2.24) is 0 Å². The third-order valence-electron chi connectivity index (χ3n) is 3.11. The zero-order valence-electron chi connectivity index (χ0n) is 10.0. The van der Waals surface area contributed by atoms with Crippen molar-refractivity contribution in [2.45, 2.75) is 20.8 Å². The molecular formula is C15H17N. The molecule has 0 atom stereocenters. The number of benzene rings is 2. The minimum atomic E-state index is 0.854. The molecule has 2 N–H and O–H groups in total. The van der Waals surface area contributed by atoms with E-state index in [9.17, 15) is 0 Å². The molecule has 82 valence electrons. The summed E-state index contributed by atoms with van der Waals surface area (Å²) in [6, 6.07) is 12.7. The summed E-state index contributed by atoms with van der Waals surface area (Å²) in [6.45, 7) is 6.32. The molecule has 0 bridgehead atoms. The lowest BCUT2D eigenvalue weighted by molar-refractivity contribution is 1.34. The zero-order valence-corrected chi connectivity index (χ0v) is 10.0. The zero-order chi connectivity index (χ0) is 11.7. The summed E-state index contributed by atoms with van der Waals surface area (Å²) >= 11 is 0. The van der Waals surface area contributed by atoms with Crippen LogP contribution < -0.4 is 5.73 Å². The number of nitrogen functional groups attached to an aromatic ring is 1. The summed E-state index contributed by atoms with van der Waals surface area (Å²) in [5, 5.41) is 0. The molecule has 0 aliphatic heterocycles. The molecule has 2 aromatic rings. The molecule has 16 heavy (non-hydrogen) atoms. The Morgan fingerprint density at radius 3 is 1.81 bits per heavy atom. The summed E-state index contributed by atoms with van der Waals surface area (Å²) < 4.78 is 0. The van der Waals surface area contributed by atoms with Gasteiger partial charge in [0.15, 0.2) is 0 Å². The van der Waals surface area contributed by atoms with Gasteiger partial charge in [0.1, 0.15) is 0 Å². The quantitative estimate of drug-likeness (QED) is 0.712. The molecular weight excluding hydrogens is 194 g/mol. The van der Waals surface area contributed by atoms with Crippen LogP contribution in [0.25, 0.3) is 11.1 Å². The molecule has 0 saturated carbocycles. The van der Waals surface area contributed by atoms with Crippen molar-refractivity contribution in [2.75, 3.05) is 5.73 Å². The molecule has 0 unspecified atom stereocenters. The third-order valence-corrected chi connectivity index (χ3v) is 3.11. The fourth-order valence-electron chi connectivity index (χ4n) is 1.78. The maximum atomic E-state index is 5.82. The van der Waals surface area contributed by atoms with E-state index < -0.39 is 0 Å². The van der Waals surface area contributed by atoms with Crippen LogP contribution in [0.4, 0.5) is 5.69 Å². The van der Waals surface area contributed by atoms with E-state index in [1.165, 1.54) is 22.3 Å². The van der Waals surface area contributed by atoms with Crippen molar-refractivity contribution in [3.8, 4) is 11.1 Å². The Hall–Kier alpha value is -1.76. The normalized spacial score (nSPS) is 10.4. The SMILES string of the molecule is Cc1ccc(-c2ccc(N)c(C)c2)cc1C. The summed E-state index contributed by atoms with van der Waals surface area (Å²) in [6.07, 6.45) is 0. The molecule has 0 saturated heterocycles. The van der Waals surface area contributed by atoms with E-state index in [1.54, 1.807) is 0 Å². The van der Waals surface area contributed by atoms with Gasteiger partial charge in [-0.2, -0.15) is 0 Å². The number of rotatable bonds is 1. The van der Waals surface area contributed by atoms with Crippen molar-refractivity contribution in [2.24, 2.45) is 0 Å². The second-order valence-electron chi connectivity index (χ2n) is 4.37. The van der Waals surface area contributed by atoms with E-state index in [0.29, 0.717) is 0 Å². The van der Waals surface area contributed by atoms with Crippen LogP contribution in [0.5, 0.6) is 0 Å². The van der Waals surface area contributed by atoms with E-state index in [0.717, 1.165) is 11.3 Å². The van der Waals surface area contributed by atoms with Gasteiger partial charge < -0.3 is 5.73 Å². The van der Waals surface area contributed by atoms with Gasteiger partial charge in [-0.15, -0.1) is 0 Å². The van der Waals surface area contributed by atoms with Crippen LogP contribution >= 0.6 is 0 Å². The molecule has 0 heterocycles.